The lowest BCUT2D eigenvalue weighted by atomic mass is 10.0. The lowest BCUT2D eigenvalue weighted by molar-refractivity contribution is -0.153. The minimum atomic E-state index is -4.52. The van der Waals surface area contributed by atoms with Crippen LogP contribution in [0.4, 0.5) is 18.9 Å². The zero-order chi connectivity index (χ0) is 24.0. The second kappa shape index (κ2) is 10.2. The topological polar surface area (TPSA) is 101 Å². The molecule has 0 spiro atoms. The van der Waals surface area contributed by atoms with Crippen molar-refractivity contribution in [3.63, 3.8) is 0 Å². The Morgan fingerprint density at radius 3 is 2.58 bits per heavy atom. The van der Waals surface area contributed by atoms with Crippen LogP contribution < -0.4 is 10.1 Å². The molecule has 3 rings (SSSR count). The number of benzene rings is 2. The third-order valence-corrected chi connectivity index (χ3v) is 4.64. The normalized spacial score (nSPS) is 11.3. The fourth-order valence-electron chi connectivity index (χ4n) is 2.92. The Morgan fingerprint density at radius 1 is 1.21 bits per heavy atom. The summed E-state index contributed by atoms with van der Waals surface area (Å²) in [5, 5.41) is 15.7. The number of alkyl halides is 3. The Kier molecular flexibility index (Phi) is 7.33. The number of nitrogens with zero attached hydrogens (tertiary/aromatic N) is 3. The molecule has 2 aromatic carbocycles. The first-order valence-corrected chi connectivity index (χ1v) is 10.1. The summed E-state index contributed by atoms with van der Waals surface area (Å²) in [6.45, 7) is 2.69. The molecule has 0 saturated heterocycles. The summed E-state index contributed by atoms with van der Waals surface area (Å²) in [6, 6.07) is 13.4. The molecule has 1 aromatic heterocycles. The Labute approximate surface area is 188 Å². The van der Waals surface area contributed by atoms with E-state index in [2.05, 4.69) is 34.0 Å². The smallest absolute Gasteiger partial charge is 0.422 e. The van der Waals surface area contributed by atoms with E-state index in [4.69, 9.17) is 9.78 Å². The molecule has 33 heavy (non-hydrogen) atoms. The average molecular weight is 458 g/mol. The number of halogens is 3. The first-order valence-electron chi connectivity index (χ1n) is 10.1. The number of nitriles is 1. The zero-order valence-corrected chi connectivity index (χ0v) is 17.9. The van der Waals surface area contributed by atoms with E-state index in [1.54, 1.807) is 6.07 Å². The predicted octanol–water partition coefficient (Wildman–Crippen LogP) is 5.24. The number of hydrogen-bond acceptors (Lipinski definition) is 6. The molecule has 3 aromatic rings. The fourth-order valence-corrected chi connectivity index (χ4v) is 2.92. The number of hydrogen-bond donors (Lipinski definition) is 1. The predicted molar refractivity (Wildman–Crippen MR) is 113 cm³/mol. The fraction of sp³-hybridized carbons (Fsp3) is 0.304. The molecule has 0 fully saturated rings. The van der Waals surface area contributed by atoms with E-state index in [1.807, 2.05) is 24.3 Å². The van der Waals surface area contributed by atoms with Crippen molar-refractivity contribution in [3.05, 3.63) is 59.5 Å². The van der Waals surface area contributed by atoms with Crippen molar-refractivity contribution in [2.75, 3.05) is 11.9 Å². The van der Waals surface area contributed by atoms with Gasteiger partial charge in [-0.25, -0.2) is 0 Å². The second-order valence-electron chi connectivity index (χ2n) is 7.56. The summed E-state index contributed by atoms with van der Waals surface area (Å²) in [4.78, 5) is 16.5. The van der Waals surface area contributed by atoms with Gasteiger partial charge in [0.25, 0.3) is 0 Å². The van der Waals surface area contributed by atoms with E-state index in [0.717, 1.165) is 5.56 Å². The number of ether oxygens (including phenoxy) is 1. The average Bonchev–Trinajstić information content (AvgIpc) is 3.25. The van der Waals surface area contributed by atoms with E-state index >= 15 is 0 Å². The summed E-state index contributed by atoms with van der Waals surface area (Å²) in [7, 11) is 0. The summed E-state index contributed by atoms with van der Waals surface area (Å²) in [6.07, 6.45) is -4.30. The minimum Gasteiger partial charge on any atom is -0.483 e. The monoisotopic (exact) mass is 458 g/mol. The van der Waals surface area contributed by atoms with Gasteiger partial charge in [0.1, 0.15) is 11.8 Å². The summed E-state index contributed by atoms with van der Waals surface area (Å²) < 4.78 is 46.8. The summed E-state index contributed by atoms with van der Waals surface area (Å²) in [5.41, 5.74) is 2.13. The molecule has 1 amide bonds. The van der Waals surface area contributed by atoms with Gasteiger partial charge in [0.15, 0.2) is 6.61 Å². The quantitative estimate of drug-likeness (QED) is 0.495. The summed E-state index contributed by atoms with van der Waals surface area (Å²) >= 11 is 0. The maximum Gasteiger partial charge on any atom is 0.422 e. The molecule has 172 valence electrons. The van der Waals surface area contributed by atoms with Crippen LogP contribution in [0.15, 0.2) is 47.0 Å². The van der Waals surface area contributed by atoms with Crippen LogP contribution in [0, 0.1) is 11.3 Å². The standard InChI is InChI=1S/C23H21F3N4O3/c1-14(2)15-3-5-16(6-4-15)22-29-21(33-30-22)10-9-20(31)28-18-7-8-19(17(11-18)12-27)32-13-23(24,25)26/h3-8,11,14H,9-10,13H2,1-2H3,(H,28,31). The highest BCUT2D eigenvalue weighted by molar-refractivity contribution is 5.91. The van der Waals surface area contributed by atoms with Gasteiger partial charge in [-0.05, 0) is 29.7 Å². The number of aromatic nitrogens is 2. The molecule has 1 heterocycles. The van der Waals surface area contributed by atoms with Crippen molar-refractivity contribution in [1.29, 1.82) is 5.26 Å². The molecule has 7 nitrogen and oxygen atoms in total. The van der Waals surface area contributed by atoms with E-state index in [9.17, 15) is 18.0 Å². The zero-order valence-electron chi connectivity index (χ0n) is 17.9. The van der Waals surface area contributed by atoms with Crippen LogP contribution in [-0.2, 0) is 11.2 Å². The number of nitrogens with one attached hydrogen (secondary N) is 1. The third kappa shape index (κ3) is 6.80. The van der Waals surface area contributed by atoms with Gasteiger partial charge in [0, 0.05) is 24.1 Å². The Morgan fingerprint density at radius 2 is 1.94 bits per heavy atom. The molecule has 10 heteroatoms. The van der Waals surface area contributed by atoms with E-state index < -0.39 is 12.8 Å². The van der Waals surface area contributed by atoms with Crippen LogP contribution in [0.5, 0.6) is 5.75 Å². The highest BCUT2D eigenvalue weighted by atomic mass is 19.4. The van der Waals surface area contributed by atoms with Gasteiger partial charge in [-0.15, -0.1) is 0 Å². The molecule has 1 N–H and O–H groups in total. The molecule has 0 bridgehead atoms. The number of amides is 1. The third-order valence-electron chi connectivity index (χ3n) is 4.64. The Balaban J connectivity index is 1.56. The van der Waals surface area contributed by atoms with E-state index in [-0.39, 0.29) is 35.7 Å². The van der Waals surface area contributed by atoms with Crippen molar-refractivity contribution in [2.45, 2.75) is 38.8 Å². The minimum absolute atomic E-state index is 0.0299. The maximum atomic E-state index is 12.3. The lowest BCUT2D eigenvalue weighted by Gasteiger charge is -2.11. The van der Waals surface area contributed by atoms with Gasteiger partial charge >= 0.3 is 6.18 Å². The van der Waals surface area contributed by atoms with Gasteiger partial charge < -0.3 is 14.6 Å². The lowest BCUT2D eigenvalue weighted by Crippen LogP contribution is -2.19. The van der Waals surface area contributed by atoms with Gasteiger partial charge in [-0.2, -0.15) is 23.4 Å². The van der Waals surface area contributed by atoms with Crippen LogP contribution in [0.2, 0.25) is 0 Å². The number of aryl methyl sites for hydroxylation is 1. The number of carbonyl (C=O) groups is 1. The highest BCUT2D eigenvalue weighted by Gasteiger charge is 2.29. The van der Waals surface area contributed by atoms with Gasteiger partial charge in [-0.1, -0.05) is 43.3 Å². The first kappa shape index (κ1) is 23.8. The number of carbonyl (C=O) groups excluding carboxylic acids is 1. The van der Waals surface area contributed by atoms with Crippen LogP contribution in [0.25, 0.3) is 11.4 Å². The van der Waals surface area contributed by atoms with Crippen LogP contribution in [-0.4, -0.2) is 28.8 Å². The molecule has 0 aliphatic rings. The Hall–Kier alpha value is -3.87. The van der Waals surface area contributed by atoms with E-state index in [0.29, 0.717) is 17.6 Å². The van der Waals surface area contributed by atoms with Crippen molar-refractivity contribution < 1.29 is 27.2 Å². The number of rotatable bonds is 8. The molecule has 0 unspecified atom stereocenters. The van der Waals surface area contributed by atoms with Gasteiger partial charge in [0.05, 0.1) is 5.56 Å². The molecular weight excluding hydrogens is 437 g/mol. The molecule has 0 aliphatic heterocycles. The molecule has 0 radical (unpaired) electrons. The maximum absolute atomic E-state index is 12.3. The Bertz CT molecular complexity index is 1150. The van der Waals surface area contributed by atoms with Crippen molar-refractivity contribution >= 4 is 11.6 Å². The molecule has 0 aliphatic carbocycles. The number of anilines is 1. The van der Waals surface area contributed by atoms with Crippen molar-refractivity contribution in [1.82, 2.24) is 10.1 Å². The largest absolute Gasteiger partial charge is 0.483 e. The SMILES string of the molecule is CC(C)c1ccc(-c2noc(CCC(=O)Nc3ccc(OCC(F)(F)F)c(C#N)c3)n2)cc1. The van der Waals surface area contributed by atoms with Crippen LogP contribution in [0.3, 0.4) is 0 Å². The first-order chi connectivity index (χ1) is 15.6. The highest BCUT2D eigenvalue weighted by Crippen LogP contribution is 2.25. The second-order valence-corrected chi connectivity index (χ2v) is 7.56. The molecule has 0 saturated carbocycles. The van der Waals surface area contributed by atoms with Crippen LogP contribution >= 0.6 is 0 Å². The van der Waals surface area contributed by atoms with Crippen molar-refractivity contribution in [2.24, 2.45) is 0 Å². The van der Waals surface area contributed by atoms with Gasteiger partial charge in [0.2, 0.25) is 17.6 Å². The van der Waals surface area contributed by atoms with Gasteiger partial charge in [-0.3, -0.25) is 4.79 Å². The molecule has 0 atom stereocenters. The molecular formula is C23H21F3N4O3. The van der Waals surface area contributed by atoms with Crippen molar-refractivity contribution in [3.8, 4) is 23.2 Å². The van der Waals surface area contributed by atoms with Crippen LogP contribution in [0.1, 0.15) is 43.2 Å². The summed E-state index contributed by atoms with van der Waals surface area (Å²) in [5.74, 6) is 0.526. The van der Waals surface area contributed by atoms with E-state index in [1.165, 1.54) is 23.8 Å².